The van der Waals surface area contributed by atoms with Gasteiger partial charge in [0.15, 0.2) is 0 Å². The maximum Gasteiger partial charge on any atom is 0.119 e. The minimum absolute atomic E-state index is 0.579. The van der Waals surface area contributed by atoms with Crippen molar-refractivity contribution in [2.24, 2.45) is 4.99 Å². The summed E-state index contributed by atoms with van der Waals surface area (Å²) in [5, 5.41) is 9.05. The van der Waals surface area contributed by atoms with Crippen LogP contribution >= 0.6 is 0 Å². The van der Waals surface area contributed by atoms with Crippen LogP contribution in [-0.2, 0) is 0 Å². The van der Waals surface area contributed by atoms with Gasteiger partial charge in [0.1, 0.15) is 11.8 Å². The molecule has 3 nitrogen and oxygen atoms in total. The molecule has 0 saturated carbocycles. The Bertz CT molecular complexity index is 669. The number of ether oxygens (including phenoxy) is 1. The van der Waals surface area contributed by atoms with Crippen LogP contribution in [0, 0.1) is 11.3 Å². The Balaban J connectivity index is 1.90. The van der Waals surface area contributed by atoms with Crippen LogP contribution in [0.5, 0.6) is 5.75 Å². The maximum absolute atomic E-state index is 9.05. The van der Waals surface area contributed by atoms with Crippen LogP contribution in [0.2, 0.25) is 0 Å². The lowest BCUT2D eigenvalue weighted by atomic mass is 10.2. The SMILES string of the molecule is CCCCCCOc1ccc(/C=N\c2ccccc2C#N)cc1. The Morgan fingerprint density at radius 2 is 1.83 bits per heavy atom. The number of hydrogen-bond acceptors (Lipinski definition) is 3. The van der Waals surface area contributed by atoms with E-state index < -0.39 is 0 Å². The predicted octanol–water partition coefficient (Wildman–Crippen LogP) is 5.27. The van der Waals surface area contributed by atoms with Gasteiger partial charge in [-0.25, -0.2) is 0 Å². The van der Waals surface area contributed by atoms with Gasteiger partial charge in [-0.1, -0.05) is 38.3 Å². The maximum atomic E-state index is 9.05. The number of unbranched alkanes of at least 4 members (excludes halogenated alkanes) is 3. The average molecular weight is 306 g/mol. The molecule has 0 fully saturated rings. The number of aliphatic imine (C=N–C) groups is 1. The number of nitriles is 1. The molecule has 0 unspecified atom stereocenters. The molecule has 0 aliphatic carbocycles. The van der Waals surface area contributed by atoms with Crippen molar-refractivity contribution in [2.45, 2.75) is 32.6 Å². The van der Waals surface area contributed by atoms with Crippen molar-refractivity contribution in [2.75, 3.05) is 6.61 Å². The van der Waals surface area contributed by atoms with Gasteiger partial charge >= 0.3 is 0 Å². The van der Waals surface area contributed by atoms with E-state index in [1.165, 1.54) is 19.3 Å². The highest BCUT2D eigenvalue weighted by molar-refractivity contribution is 5.82. The fraction of sp³-hybridized carbons (Fsp3) is 0.300. The van der Waals surface area contributed by atoms with Gasteiger partial charge in [-0.3, -0.25) is 4.99 Å². The van der Waals surface area contributed by atoms with E-state index in [1.807, 2.05) is 42.5 Å². The molecule has 0 amide bonds. The van der Waals surface area contributed by atoms with Crippen molar-refractivity contribution < 1.29 is 4.74 Å². The Morgan fingerprint density at radius 1 is 1.04 bits per heavy atom. The summed E-state index contributed by atoms with van der Waals surface area (Å²) in [6.45, 7) is 2.97. The third-order valence-corrected chi connectivity index (χ3v) is 3.52. The lowest BCUT2D eigenvalue weighted by molar-refractivity contribution is 0.305. The van der Waals surface area contributed by atoms with Crippen molar-refractivity contribution >= 4 is 11.9 Å². The van der Waals surface area contributed by atoms with Gasteiger partial charge in [-0.15, -0.1) is 0 Å². The van der Waals surface area contributed by atoms with Crippen LogP contribution in [0.1, 0.15) is 43.7 Å². The van der Waals surface area contributed by atoms with Crippen LogP contribution in [0.4, 0.5) is 5.69 Å². The minimum Gasteiger partial charge on any atom is -0.494 e. The van der Waals surface area contributed by atoms with Gasteiger partial charge in [-0.2, -0.15) is 5.26 Å². The molecule has 0 bridgehead atoms. The molecule has 2 aromatic rings. The Kier molecular flexibility index (Phi) is 6.87. The normalized spacial score (nSPS) is 10.6. The summed E-state index contributed by atoms with van der Waals surface area (Å²) >= 11 is 0. The van der Waals surface area contributed by atoms with Crippen LogP contribution in [-0.4, -0.2) is 12.8 Å². The summed E-state index contributed by atoms with van der Waals surface area (Å²) in [6, 6.07) is 17.3. The topological polar surface area (TPSA) is 45.4 Å². The third kappa shape index (κ3) is 5.60. The summed E-state index contributed by atoms with van der Waals surface area (Å²) in [6.07, 6.45) is 6.59. The smallest absolute Gasteiger partial charge is 0.119 e. The van der Waals surface area contributed by atoms with Crippen molar-refractivity contribution in [3.63, 3.8) is 0 Å². The zero-order valence-corrected chi connectivity index (χ0v) is 13.5. The monoisotopic (exact) mass is 306 g/mol. The summed E-state index contributed by atoms with van der Waals surface area (Å²) in [5.74, 6) is 0.885. The highest BCUT2D eigenvalue weighted by Gasteiger charge is 1.98. The number of benzene rings is 2. The van der Waals surface area contributed by atoms with Gasteiger partial charge in [0, 0.05) is 6.21 Å². The second-order valence-electron chi connectivity index (χ2n) is 5.37. The molecule has 118 valence electrons. The Morgan fingerprint density at radius 3 is 2.57 bits per heavy atom. The van der Waals surface area contributed by atoms with Gasteiger partial charge < -0.3 is 4.74 Å². The molecule has 0 saturated heterocycles. The highest BCUT2D eigenvalue weighted by atomic mass is 16.5. The molecule has 2 rings (SSSR count). The highest BCUT2D eigenvalue weighted by Crippen LogP contribution is 2.18. The molecule has 0 radical (unpaired) electrons. The summed E-state index contributed by atoms with van der Waals surface area (Å²) < 4.78 is 5.72. The molecule has 23 heavy (non-hydrogen) atoms. The molecule has 0 aliphatic heterocycles. The number of hydrogen-bond donors (Lipinski definition) is 0. The lowest BCUT2D eigenvalue weighted by Gasteiger charge is -2.06. The fourth-order valence-corrected chi connectivity index (χ4v) is 2.19. The van der Waals surface area contributed by atoms with E-state index in [4.69, 9.17) is 10.00 Å². The number of rotatable bonds is 8. The predicted molar refractivity (Wildman–Crippen MR) is 94.5 cm³/mol. The first-order chi connectivity index (χ1) is 11.3. The van der Waals surface area contributed by atoms with E-state index in [9.17, 15) is 0 Å². The minimum atomic E-state index is 0.579. The standard InChI is InChI=1S/C20H22N2O/c1-2-3-4-7-14-23-19-12-10-17(11-13-19)16-22-20-9-6-5-8-18(20)15-21/h5-6,8-13,16H,2-4,7,14H2,1H3/b22-16-. The molecular formula is C20H22N2O. The molecule has 0 N–H and O–H groups in total. The first-order valence-electron chi connectivity index (χ1n) is 8.09. The molecule has 0 heterocycles. The van der Waals surface area contributed by atoms with Crippen molar-refractivity contribution in [3.8, 4) is 11.8 Å². The molecule has 0 spiro atoms. The number of para-hydroxylation sites is 1. The largest absolute Gasteiger partial charge is 0.494 e. The van der Waals surface area contributed by atoms with E-state index in [-0.39, 0.29) is 0 Å². The Labute approximate surface area is 138 Å². The fourth-order valence-electron chi connectivity index (χ4n) is 2.19. The van der Waals surface area contributed by atoms with E-state index in [0.717, 1.165) is 24.3 Å². The zero-order chi connectivity index (χ0) is 16.3. The quantitative estimate of drug-likeness (QED) is 0.493. The first kappa shape index (κ1) is 16.8. The number of nitrogens with zero attached hydrogens (tertiary/aromatic N) is 2. The van der Waals surface area contributed by atoms with Crippen molar-refractivity contribution in [1.82, 2.24) is 0 Å². The third-order valence-electron chi connectivity index (χ3n) is 3.52. The van der Waals surface area contributed by atoms with Crippen molar-refractivity contribution in [1.29, 1.82) is 5.26 Å². The van der Waals surface area contributed by atoms with E-state index in [1.54, 1.807) is 12.3 Å². The van der Waals surface area contributed by atoms with E-state index >= 15 is 0 Å². The molecule has 3 heteroatoms. The van der Waals surface area contributed by atoms with Crippen molar-refractivity contribution in [3.05, 3.63) is 59.7 Å². The van der Waals surface area contributed by atoms with Gasteiger partial charge in [0.05, 0.1) is 17.9 Å². The summed E-state index contributed by atoms with van der Waals surface area (Å²) in [7, 11) is 0. The zero-order valence-electron chi connectivity index (χ0n) is 13.5. The van der Waals surface area contributed by atoms with E-state index in [2.05, 4.69) is 18.0 Å². The molecule has 2 aromatic carbocycles. The molecular weight excluding hydrogens is 284 g/mol. The van der Waals surface area contributed by atoms with E-state index in [0.29, 0.717) is 11.3 Å². The first-order valence-corrected chi connectivity index (χ1v) is 8.09. The summed E-state index contributed by atoms with van der Waals surface area (Å²) in [4.78, 5) is 4.38. The lowest BCUT2D eigenvalue weighted by Crippen LogP contribution is -1.97. The molecule has 0 aromatic heterocycles. The summed E-state index contributed by atoms with van der Waals surface area (Å²) in [5.41, 5.74) is 2.25. The average Bonchev–Trinajstić information content (AvgIpc) is 2.61. The molecule has 0 aliphatic rings. The van der Waals surface area contributed by atoms with Crippen LogP contribution in [0.3, 0.4) is 0 Å². The second-order valence-corrected chi connectivity index (χ2v) is 5.37. The van der Waals surface area contributed by atoms with Crippen LogP contribution in [0.25, 0.3) is 0 Å². The second kappa shape index (κ2) is 9.42. The van der Waals surface area contributed by atoms with Gasteiger partial charge in [0.2, 0.25) is 0 Å². The van der Waals surface area contributed by atoms with Crippen LogP contribution in [0.15, 0.2) is 53.5 Å². The van der Waals surface area contributed by atoms with Crippen LogP contribution < -0.4 is 4.74 Å². The van der Waals surface area contributed by atoms with Gasteiger partial charge in [0.25, 0.3) is 0 Å². The van der Waals surface area contributed by atoms with Gasteiger partial charge in [-0.05, 0) is 48.4 Å². The molecule has 0 atom stereocenters. The Hall–Kier alpha value is -2.60.